The summed E-state index contributed by atoms with van der Waals surface area (Å²) in [6.45, 7) is 3.25. The molecular formula is C14H26N2O4. The molecule has 1 aliphatic rings. The van der Waals surface area contributed by atoms with Gasteiger partial charge in [0.05, 0.1) is 0 Å². The van der Waals surface area contributed by atoms with Crippen LogP contribution in [0.4, 0.5) is 4.79 Å². The fourth-order valence-electron chi connectivity index (χ4n) is 2.49. The van der Waals surface area contributed by atoms with Gasteiger partial charge in [-0.3, -0.25) is 0 Å². The highest BCUT2D eigenvalue weighted by atomic mass is 16.5. The number of hydrogen-bond donors (Lipinski definition) is 2. The van der Waals surface area contributed by atoms with Crippen molar-refractivity contribution in [3.8, 4) is 0 Å². The largest absolute Gasteiger partial charge is 0.480 e. The van der Waals surface area contributed by atoms with Gasteiger partial charge in [0.1, 0.15) is 5.54 Å². The number of amides is 2. The van der Waals surface area contributed by atoms with E-state index in [2.05, 4.69) is 12.2 Å². The SMILES string of the molecule is COCCCN(C)C(=O)NC1(C(=O)O)CCC(C)CC1. The Hall–Kier alpha value is -1.30. The first-order chi connectivity index (χ1) is 9.41. The van der Waals surface area contributed by atoms with Crippen LogP contribution in [0.25, 0.3) is 0 Å². The molecule has 0 spiro atoms. The van der Waals surface area contributed by atoms with E-state index in [1.54, 1.807) is 14.2 Å². The summed E-state index contributed by atoms with van der Waals surface area (Å²) in [5.41, 5.74) is -1.10. The smallest absolute Gasteiger partial charge is 0.329 e. The molecule has 0 radical (unpaired) electrons. The normalized spacial score (nSPS) is 26.1. The van der Waals surface area contributed by atoms with Crippen molar-refractivity contribution in [1.29, 1.82) is 0 Å². The molecule has 20 heavy (non-hydrogen) atoms. The van der Waals surface area contributed by atoms with Crippen LogP contribution in [0.3, 0.4) is 0 Å². The minimum Gasteiger partial charge on any atom is -0.480 e. The van der Waals surface area contributed by atoms with Gasteiger partial charge in [0.25, 0.3) is 0 Å². The van der Waals surface area contributed by atoms with Crippen LogP contribution < -0.4 is 5.32 Å². The maximum Gasteiger partial charge on any atom is 0.329 e. The third-order valence-corrected chi connectivity index (χ3v) is 4.07. The lowest BCUT2D eigenvalue weighted by Crippen LogP contribution is -2.58. The lowest BCUT2D eigenvalue weighted by molar-refractivity contribution is -0.146. The first-order valence-electron chi connectivity index (χ1n) is 7.17. The van der Waals surface area contributed by atoms with E-state index in [1.165, 1.54) is 4.90 Å². The Kier molecular flexibility index (Phi) is 6.26. The molecule has 0 aromatic heterocycles. The molecule has 2 N–H and O–H groups in total. The second-order valence-electron chi connectivity index (χ2n) is 5.77. The molecule has 1 rings (SSSR count). The number of carboxylic acids is 1. The maximum atomic E-state index is 12.1. The van der Waals surface area contributed by atoms with E-state index < -0.39 is 11.5 Å². The van der Waals surface area contributed by atoms with Crippen molar-refractivity contribution in [1.82, 2.24) is 10.2 Å². The van der Waals surface area contributed by atoms with Crippen molar-refractivity contribution in [3.63, 3.8) is 0 Å². The molecule has 0 bridgehead atoms. The Bertz CT molecular complexity index is 338. The first kappa shape index (κ1) is 16.8. The van der Waals surface area contributed by atoms with Crippen LogP contribution in [0.2, 0.25) is 0 Å². The summed E-state index contributed by atoms with van der Waals surface area (Å²) in [4.78, 5) is 25.2. The number of nitrogens with zero attached hydrogens (tertiary/aromatic N) is 1. The van der Waals surface area contributed by atoms with Gasteiger partial charge in [0.2, 0.25) is 0 Å². The number of carboxylic acid groups (broad SMARTS) is 1. The predicted octanol–water partition coefficient (Wildman–Crippen LogP) is 1.70. The molecule has 1 aliphatic carbocycles. The molecule has 0 unspecified atom stereocenters. The highest BCUT2D eigenvalue weighted by Gasteiger charge is 2.42. The van der Waals surface area contributed by atoms with Gasteiger partial charge in [-0.15, -0.1) is 0 Å². The van der Waals surface area contributed by atoms with Crippen LogP contribution >= 0.6 is 0 Å². The highest BCUT2D eigenvalue weighted by molar-refractivity contribution is 5.86. The van der Waals surface area contributed by atoms with Gasteiger partial charge in [-0.2, -0.15) is 0 Å². The molecule has 0 aromatic carbocycles. The van der Waals surface area contributed by atoms with Crippen LogP contribution in [0.15, 0.2) is 0 Å². The molecule has 0 heterocycles. The fourth-order valence-corrected chi connectivity index (χ4v) is 2.49. The predicted molar refractivity (Wildman–Crippen MR) is 75.7 cm³/mol. The molecule has 2 amide bonds. The average molecular weight is 286 g/mol. The van der Waals surface area contributed by atoms with E-state index >= 15 is 0 Å². The topological polar surface area (TPSA) is 78.9 Å². The van der Waals surface area contributed by atoms with E-state index in [9.17, 15) is 14.7 Å². The zero-order valence-corrected chi connectivity index (χ0v) is 12.6. The minimum absolute atomic E-state index is 0.321. The number of hydrogen-bond acceptors (Lipinski definition) is 3. The summed E-state index contributed by atoms with van der Waals surface area (Å²) in [5.74, 6) is -0.401. The standard InChI is InChI=1S/C14H26N2O4/c1-11-5-7-14(8-6-11,12(17)18)15-13(19)16(2)9-4-10-20-3/h11H,4-10H2,1-3H3,(H,15,19)(H,17,18). The van der Waals surface area contributed by atoms with Gasteiger partial charge < -0.3 is 20.1 Å². The summed E-state index contributed by atoms with van der Waals surface area (Å²) < 4.78 is 4.94. The van der Waals surface area contributed by atoms with Crippen molar-refractivity contribution in [3.05, 3.63) is 0 Å². The number of carbonyl (C=O) groups is 2. The molecule has 0 saturated heterocycles. The molecule has 1 fully saturated rings. The molecule has 116 valence electrons. The van der Waals surface area contributed by atoms with E-state index in [1.807, 2.05) is 0 Å². The number of methoxy groups -OCH3 is 1. The Morgan fingerprint density at radius 2 is 2.00 bits per heavy atom. The van der Waals surface area contributed by atoms with Crippen molar-refractivity contribution in [2.24, 2.45) is 5.92 Å². The number of ether oxygens (including phenoxy) is 1. The molecule has 6 nitrogen and oxygen atoms in total. The monoisotopic (exact) mass is 286 g/mol. The number of carbonyl (C=O) groups excluding carboxylic acids is 1. The second-order valence-corrected chi connectivity index (χ2v) is 5.77. The summed E-state index contributed by atoms with van der Waals surface area (Å²) >= 11 is 0. The van der Waals surface area contributed by atoms with Gasteiger partial charge >= 0.3 is 12.0 Å². The second kappa shape index (κ2) is 7.47. The minimum atomic E-state index is -1.10. The van der Waals surface area contributed by atoms with E-state index in [0.717, 1.165) is 19.3 Å². The van der Waals surface area contributed by atoms with Gasteiger partial charge in [0.15, 0.2) is 0 Å². The zero-order chi connectivity index (χ0) is 15.2. The molecule has 0 aliphatic heterocycles. The molecule has 1 saturated carbocycles. The average Bonchev–Trinajstić information content (AvgIpc) is 2.41. The van der Waals surface area contributed by atoms with Crippen LogP contribution in [-0.2, 0) is 9.53 Å². The molecule has 0 aromatic rings. The maximum absolute atomic E-state index is 12.1. The third kappa shape index (κ3) is 4.37. The number of aliphatic carboxylic acids is 1. The Morgan fingerprint density at radius 3 is 2.50 bits per heavy atom. The Labute approximate surface area is 120 Å². The summed E-state index contributed by atoms with van der Waals surface area (Å²) in [6.07, 6.45) is 3.40. The van der Waals surface area contributed by atoms with Gasteiger partial charge in [0, 0.05) is 27.3 Å². The van der Waals surface area contributed by atoms with Crippen LogP contribution in [-0.4, -0.2) is 54.9 Å². The van der Waals surface area contributed by atoms with E-state index in [0.29, 0.717) is 31.9 Å². The molecular weight excluding hydrogens is 260 g/mol. The zero-order valence-electron chi connectivity index (χ0n) is 12.6. The molecule has 0 atom stereocenters. The highest BCUT2D eigenvalue weighted by Crippen LogP contribution is 2.32. The quantitative estimate of drug-likeness (QED) is 0.728. The lowest BCUT2D eigenvalue weighted by atomic mass is 9.77. The Balaban J connectivity index is 2.57. The third-order valence-electron chi connectivity index (χ3n) is 4.07. The van der Waals surface area contributed by atoms with Gasteiger partial charge in [-0.05, 0) is 38.0 Å². The van der Waals surface area contributed by atoms with Crippen molar-refractivity contribution in [2.45, 2.75) is 44.6 Å². The van der Waals surface area contributed by atoms with Gasteiger partial charge in [-0.1, -0.05) is 6.92 Å². The van der Waals surface area contributed by atoms with Crippen molar-refractivity contribution < 1.29 is 19.4 Å². The Morgan fingerprint density at radius 1 is 1.40 bits per heavy atom. The van der Waals surface area contributed by atoms with Crippen molar-refractivity contribution >= 4 is 12.0 Å². The van der Waals surface area contributed by atoms with Gasteiger partial charge in [-0.25, -0.2) is 9.59 Å². The van der Waals surface area contributed by atoms with E-state index in [4.69, 9.17) is 4.74 Å². The number of nitrogens with one attached hydrogen (secondary N) is 1. The first-order valence-corrected chi connectivity index (χ1v) is 7.17. The summed E-state index contributed by atoms with van der Waals surface area (Å²) in [6, 6.07) is -0.321. The van der Waals surface area contributed by atoms with Crippen LogP contribution in [0.1, 0.15) is 39.0 Å². The fraction of sp³-hybridized carbons (Fsp3) is 0.857. The van der Waals surface area contributed by atoms with Crippen LogP contribution in [0.5, 0.6) is 0 Å². The summed E-state index contributed by atoms with van der Waals surface area (Å²) in [7, 11) is 3.29. The van der Waals surface area contributed by atoms with Crippen molar-refractivity contribution in [2.75, 3.05) is 27.3 Å². The molecule has 6 heteroatoms. The number of urea groups is 1. The van der Waals surface area contributed by atoms with Crippen LogP contribution in [0, 0.1) is 5.92 Å². The number of rotatable bonds is 6. The lowest BCUT2D eigenvalue weighted by Gasteiger charge is -2.37. The summed E-state index contributed by atoms with van der Waals surface area (Å²) in [5, 5.41) is 12.2. The van der Waals surface area contributed by atoms with E-state index in [-0.39, 0.29) is 6.03 Å².